The number of H-pyrrole nitrogens is 1. The summed E-state index contributed by atoms with van der Waals surface area (Å²) in [7, 11) is -1.45. The molecule has 2 atom stereocenters. The van der Waals surface area contributed by atoms with Crippen LogP contribution in [0.1, 0.15) is 45.8 Å². The number of rotatable bonds is 6. The van der Waals surface area contributed by atoms with Gasteiger partial charge in [-0.05, 0) is 66.4 Å². The fraction of sp³-hybridized carbons (Fsp3) is 0.324. The Kier molecular flexibility index (Phi) is 7.10. The number of benzene rings is 2. The zero-order chi connectivity index (χ0) is 28.8. The summed E-state index contributed by atoms with van der Waals surface area (Å²) in [6, 6.07) is 18.2. The van der Waals surface area contributed by atoms with Crippen LogP contribution in [-0.2, 0) is 22.3 Å². The standard InChI is InChI=1S/C34H37N5O2S/c1-24-5-7-25(8-6-24)23-42(40,41)39-22-28-10-9-27(26-11-13-29(14-12-26)38-18-16-37(2)17-19-38)20-31(28)33(39)32-21-36-34-30(32)4-3-15-35-34/h3-13,15,20-21,29,33H,14,16-19,22-23H2,1-2H3,(H,35,36)/t29?,33-/m1/s1. The van der Waals surface area contributed by atoms with Crippen LogP contribution in [0.5, 0.6) is 0 Å². The molecule has 2 aromatic heterocycles. The number of hydrogen-bond acceptors (Lipinski definition) is 5. The number of aromatic amines is 1. The average molecular weight is 580 g/mol. The molecule has 0 saturated carbocycles. The van der Waals surface area contributed by atoms with Gasteiger partial charge in [-0.2, -0.15) is 4.31 Å². The van der Waals surface area contributed by atoms with Crippen molar-refractivity contribution in [3.63, 3.8) is 0 Å². The molecule has 216 valence electrons. The molecule has 8 heteroatoms. The van der Waals surface area contributed by atoms with Crippen molar-refractivity contribution in [1.29, 1.82) is 0 Å². The van der Waals surface area contributed by atoms with Crippen molar-refractivity contribution in [2.24, 2.45) is 0 Å². The predicted octanol–water partition coefficient (Wildman–Crippen LogP) is 5.27. The van der Waals surface area contributed by atoms with Gasteiger partial charge in [0.25, 0.3) is 0 Å². The highest BCUT2D eigenvalue weighted by molar-refractivity contribution is 7.88. The normalized spacial score (nSPS) is 22.0. The first-order valence-corrected chi connectivity index (χ1v) is 16.4. The number of pyridine rings is 1. The molecule has 3 aliphatic rings. The van der Waals surface area contributed by atoms with Gasteiger partial charge in [-0.1, -0.05) is 60.2 Å². The van der Waals surface area contributed by atoms with Gasteiger partial charge in [0.2, 0.25) is 10.0 Å². The van der Waals surface area contributed by atoms with E-state index in [0.29, 0.717) is 12.6 Å². The number of sulfonamides is 1. The van der Waals surface area contributed by atoms with Gasteiger partial charge in [0, 0.05) is 62.1 Å². The number of nitrogens with zero attached hydrogens (tertiary/aromatic N) is 4. The molecule has 2 aliphatic heterocycles. The van der Waals surface area contributed by atoms with Gasteiger partial charge in [0.1, 0.15) is 5.65 Å². The summed E-state index contributed by atoms with van der Waals surface area (Å²) < 4.78 is 29.8. The van der Waals surface area contributed by atoms with Crippen molar-refractivity contribution < 1.29 is 8.42 Å². The van der Waals surface area contributed by atoms with Gasteiger partial charge < -0.3 is 9.88 Å². The quantitative estimate of drug-likeness (QED) is 0.337. The van der Waals surface area contributed by atoms with Crippen molar-refractivity contribution in [3.05, 3.63) is 119 Å². The fourth-order valence-corrected chi connectivity index (χ4v) is 8.26. The lowest BCUT2D eigenvalue weighted by atomic mass is 9.91. The van der Waals surface area contributed by atoms with E-state index in [4.69, 9.17) is 0 Å². The van der Waals surface area contributed by atoms with Crippen LogP contribution < -0.4 is 0 Å². The van der Waals surface area contributed by atoms with E-state index in [0.717, 1.165) is 77.0 Å². The van der Waals surface area contributed by atoms with Gasteiger partial charge in [0.15, 0.2) is 0 Å². The highest BCUT2D eigenvalue weighted by Gasteiger charge is 2.40. The molecule has 4 heterocycles. The van der Waals surface area contributed by atoms with Crippen LogP contribution in [0.25, 0.3) is 16.6 Å². The van der Waals surface area contributed by atoms with E-state index in [1.54, 1.807) is 10.5 Å². The van der Waals surface area contributed by atoms with E-state index >= 15 is 0 Å². The topological polar surface area (TPSA) is 72.5 Å². The van der Waals surface area contributed by atoms with Crippen LogP contribution in [0.4, 0.5) is 0 Å². The lowest BCUT2D eigenvalue weighted by Gasteiger charge is -2.37. The molecule has 42 heavy (non-hydrogen) atoms. The summed E-state index contributed by atoms with van der Waals surface area (Å²) in [5.74, 6) is -0.0349. The Morgan fingerprint density at radius 2 is 1.81 bits per heavy atom. The van der Waals surface area contributed by atoms with Crippen LogP contribution in [0.3, 0.4) is 0 Å². The number of nitrogens with one attached hydrogen (secondary N) is 1. The van der Waals surface area contributed by atoms with Gasteiger partial charge in [-0.3, -0.25) is 4.90 Å². The minimum absolute atomic E-state index is 0.0349. The lowest BCUT2D eigenvalue weighted by Crippen LogP contribution is -2.48. The van der Waals surface area contributed by atoms with Crippen molar-refractivity contribution in [3.8, 4) is 0 Å². The van der Waals surface area contributed by atoms with Gasteiger partial charge in [-0.15, -0.1) is 0 Å². The second-order valence-electron chi connectivity index (χ2n) is 11.9. The smallest absolute Gasteiger partial charge is 0.219 e. The predicted molar refractivity (Wildman–Crippen MR) is 168 cm³/mol. The van der Waals surface area contributed by atoms with E-state index in [2.05, 4.69) is 63.2 Å². The van der Waals surface area contributed by atoms with E-state index in [-0.39, 0.29) is 5.75 Å². The number of fused-ring (bicyclic) bond motifs is 2. The second-order valence-corrected chi connectivity index (χ2v) is 13.8. The van der Waals surface area contributed by atoms with Crippen LogP contribution in [0.2, 0.25) is 0 Å². The van der Waals surface area contributed by atoms with Crippen LogP contribution >= 0.6 is 0 Å². The Balaban J connectivity index is 1.22. The highest BCUT2D eigenvalue weighted by Crippen LogP contribution is 2.44. The summed E-state index contributed by atoms with van der Waals surface area (Å²) in [5.41, 5.74) is 8.02. The number of likely N-dealkylation sites (N-methyl/N-ethyl adjacent to an activating group) is 1. The van der Waals surface area contributed by atoms with Crippen molar-refractivity contribution in [2.75, 3.05) is 33.2 Å². The molecule has 1 aliphatic carbocycles. The number of allylic oxidation sites excluding steroid dienone is 2. The average Bonchev–Trinajstić information content (AvgIpc) is 3.60. The molecule has 0 radical (unpaired) electrons. The first kappa shape index (κ1) is 27.3. The van der Waals surface area contributed by atoms with E-state index in [1.807, 2.05) is 49.5 Å². The minimum atomic E-state index is -3.64. The molecule has 0 spiro atoms. The monoisotopic (exact) mass is 579 g/mol. The molecular formula is C34H37N5O2S. The molecule has 1 unspecified atom stereocenters. The number of piperazine rings is 1. The second kappa shape index (κ2) is 10.9. The van der Waals surface area contributed by atoms with Crippen LogP contribution in [0.15, 0.2) is 85.2 Å². The fourth-order valence-electron chi connectivity index (χ4n) is 6.60. The lowest BCUT2D eigenvalue weighted by molar-refractivity contribution is 0.130. The molecule has 1 saturated heterocycles. The first-order valence-electron chi connectivity index (χ1n) is 14.8. The molecule has 1 fully saturated rings. The Labute approximate surface area is 248 Å². The Morgan fingerprint density at radius 3 is 2.57 bits per heavy atom. The number of hydrogen-bond donors (Lipinski definition) is 1. The van der Waals surface area contributed by atoms with Gasteiger partial charge in [-0.25, -0.2) is 13.4 Å². The number of aromatic nitrogens is 2. The van der Waals surface area contributed by atoms with Crippen molar-refractivity contribution in [2.45, 2.75) is 37.7 Å². The maximum Gasteiger partial charge on any atom is 0.219 e. The van der Waals surface area contributed by atoms with Gasteiger partial charge in [0.05, 0.1) is 11.8 Å². The molecular weight excluding hydrogens is 542 g/mol. The van der Waals surface area contributed by atoms with E-state index in [1.165, 1.54) is 5.57 Å². The van der Waals surface area contributed by atoms with E-state index < -0.39 is 16.1 Å². The van der Waals surface area contributed by atoms with Gasteiger partial charge >= 0.3 is 0 Å². The minimum Gasteiger partial charge on any atom is -0.346 e. The molecule has 1 N–H and O–H groups in total. The van der Waals surface area contributed by atoms with Crippen LogP contribution in [0, 0.1) is 6.92 Å². The largest absolute Gasteiger partial charge is 0.346 e. The molecule has 7 rings (SSSR count). The zero-order valence-electron chi connectivity index (χ0n) is 24.2. The summed E-state index contributed by atoms with van der Waals surface area (Å²) in [6.07, 6.45) is 11.6. The summed E-state index contributed by atoms with van der Waals surface area (Å²) in [4.78, 5) is 12.7. The molecule has 4 aromatic rings. The van der Waals surface area contributed by atoms with Crippen molar-refractivity contribution in [1.82, 2.24) is 24.1 Å². The third-order valence-electron chi connectivity index (χ3n) is 9.08. The Bertz CT molecular complexity index is 1780. The zero-order valence-corrected chi connectivity index (χ0v) is 25.0. The van der Waals surface area contributed by atoms with Crippen molar-refractivity contribution >= 4 is 26.6 Å². The molecule has 7 nitrogen and oxygen atoms in total. The third kappa shape index (κ3) is 5.13. The Morgan fingerprint density at radius 1 is 1.00 bits per heavy atom. The van der Waals surface area contributed by atoms with Crippen LogP contribution in [-0.4, -0.2) is 71.8 Å². The molecule has 0 bridgehead atoms. The maximum atomic E-state index is 14.1. The highest BCUT2D eigenvalue weighted by atomic mass is 32.2. The Hall–Kier alpha value is -3.56. The van der Waals surface area contributed by atoms with E-state index in [9.17, 15) is 8.42 Å². The first-order chi connectivity index (χ1) is 20.4. The summed E-state index contributed by atoms with van der Waals surface area (Å²) in [5, 5.41) is 0.947. The number of aryl methyl sites for hydroxylation is 1. The molecule has 2 aromatic carbocycles. The maximum absolute atomic E-state index is 14.1. The SMILES string of the molecule is Cc1ccc(CS(=O)(=O)N2Cc3ccc(C4=CCC(N5CCN(C)CC5)C=C4)cc3[C@@H]2c2c[nH]c3ncccc23)cc1. The summed E-state index contributed by atoms with van der Waals surface area (Å²) >= 11 is 0. The third-order valence-corrected chi connectivity index (χ3v) is 10.8. The summed E-state index contributed by atoms with van der Waals surface area (Å²) in [6.45, 7) is 6.78. The molecule has 0 amide bonds.